The van der Waals surface area contributed by atoms with E-state index in [0.29, 0.717) is 26.2 Å². The molecule has 1 aromatic heterocycles. The largest absolute Gasteiger partial charge is 0.573 e. The Labute approximate surface area is 138 Å². The predicted molar refractivity (Wildman–Crippen MR) is 78.5 cm³/mol. The second kappa shape index (κ2) is 6.25. The van der Waals surface area contributed by atoms with Crippen LogP contribution in [0.3, 0.4) is 0 Å². The van der Waals surface area contributed by atoms with Crippen LogP contribution in [0.1, 0.15) is 5.69 Å². The van der Waals surface area contributed by atoms with Gasteiger partial charge in [-0.25, -0.2) is 4.98 Å². The van der Waals surface area contributed by atoms with Crippen LogP contribution in [0.25, 0.3) is 10.9 Å². The number of aromatic nitrogens is 1. The van der Waals surface area contributed by atoms with Gasteiger partial charge in [-0.2, -0.15) is 13.2 Å². The van der Waals surface area contributed by atoms with E-state index in [-0.39, 0.29) is 11.1 Å². The lowest BCUT2D eigenvalue weighted by Crippen LogP contribution is -2.43. The fourth-order valence-corrected chi connectivity index (χ4v) is 2.72. The van der Waals surface area contributed by atoms with Crippen molar-refractivity contribution in [2.75, 3.05) is 31.1 Å². The highest BCUT2D eigenvalue weighted by Crippen LogP contribution is 2.38. The van der Waals surface area contributed by atoms with E-state index in [0.717, 1.165) is 12.1 Å². The van der Waals surface area contributed by atoms with Crippen molar-refractivity contribution in [1.82, 2.24) is 10.3 Å². The fraction of sp³-hybridized carbons (Fsp3) is 0.400. The van der Waals surface area contributed by atoms with Crippen LogP contribution >= 0.6 is 0 Å². The topological polar surface area (TPSA) is 37.4 Å². The van der Waals surface area contributed by atoms with Crippen molar-refractivity contribution in [3.8, 4) is 5.75 Å². The lowest BCUT2D eigenvalue weighted by Gasteiger charge is -2.31. The van der Waals surface area contributed by atoms with Gasteiger partial charge in [-0.3, -0.25) is 0 Å². The molecule has 3 rings (SSSR count). The summed E-state index contributed by atoms with van der Waals surface area (Å²) < 4.78 is 81.1. The van der Waals surface area contributed by atoms with E-state index in [2.05, 4.69) is 15.0 Å². The molecule has 0 amide bonds. The lowest BCUT2D eigenvalue weighted by molar-refractivity contribution is -0.274. The molecule has 0 spiro atoms. The number of pyridine rings is 1. The third kappa shape index (κ3) is 3.89. The molecule has 1 fully saturated rings. The Balaban J connectivity index is 2.21. The van der Waals surface area contributed by atoms with Crippen molar-refractivity contribution in [3.05, 3.63) is 30.0 Å². The number of fused-ring (bicyclic) bond motifs is 1. The van der Waals surface area contributed by atoms with Crippen molar-refractivity contribution in [1.29, 1.82) is 0 Å². The van der Waals surface area contributed by atoms with E-state index >= 15 is 0 Å². The highest BCUT2D eigenvalue weighted by Gasteiger charge is 2.36. The average molecular weight is 365 g/mol. The van der Waals surface area contributed by atoms with Gasteiger partial charge in [-0.05, 0) is 12.1 Å². The number of hydrogen-bond acceptors (Lipinski definition) is 4. The Morgan fingerprint density at radius 2 is 1.72 bits per heavy atom. The first-order valence-electron chi connectivity index (χ1n) is 7.37. The number of alkyl halides is 6. The van der Waals surface area contributed by atoms with E-state index in [9.17, 15) is 26.3 Å². The van der Waals surface area contributed by atoms with Crippen LogP contribution in [0.15, 0.2) is 24.3 Å². The second-order valence-electron chi connectivity index (χ2n) is 5.46. The molecular formula is C15H13F6N3O. The summed E-state index contributed by atoms with van der Waals surface area (Å²) >= 11 is 0. The van der Waals surface area contributed by atoms with Crippen LogP contribution in [-0.4, -0.2) is 37.5 Å². The molecule has 0 aliphatic carbocycles. The molecule has 1 aliphatic rings. The number of hydrogen-bond donors (Lipinski definition) is 1. The van der Waals surface area contributed by atoms with E-state index in [4.69, 9.17) is 0 Å². The Bertz CT molecular complexity index is 768. The Morgan fingerprint density at radius 3 is 2.32 bits per heavy atom. The maximum absolute atomic E-state index is 13.2. The predicted octanol–water partition coefficient (Wildman–Crippen LogP) is 3.56. The molecule has 25 heavy (non-hydrogen) atoms. The second-order valence-corrected chi connectivity index (χ2v) is 5.46. The average Bonchev–Trinajstić information content (AvgIpc) is 2.53. The van der Waals surface area contributed by atoms with E-state index in [1.807, 2.05) is 0 Å². The van der Waals surface area contributed by atoms with Crippen LogP contribution in [0, 0.1) is 0 Å². The Kier molecular flexibility index (Phi) is 4.40. The number of ether oxygens (including phenoxy) is 1. The van der Waals surface area contributed by atoms with Crippen LogP contribution < -0.4 is 15.0 Å². The number of anilines is 1. The highest BCUT2D eigenvalue weighted by molar-refractivity contribution is 5.95. The summed E-state index contributed by atoms with van der Waals surface area (Å²) in [6.45, 7) is 1.98. The molecule has 0 radical (unpaired) electrons. The van der Waals surface area contributed by atoms with Gasteiger partial charge in [0.1, 0.15) is 11.2 Å². The van der Waals surface area contributed by atoms with E-state index in [1.165, 1.54) is 12.1 Å². The minimum absolute atomic E-state index is 0.177. The van der Waals surface area contributed by atoms with Crippen molar-refractivity contribution >= 4 is 16.6 Å². The van der Waals surface area contributed by atoms with Crippen molar-refractivity contribution < 1.29 is 31.1 Å². The first-order chi connectivity index (χ1) is 11.6. The fourth-order valence-electron chi connectivity index (χ4n) is 2.72. The van der Waals surface area contributed by atoms with Gasteiger partial charge in [0, 0.05) is 37.3 Å². The number of nitrogens with zero attached hydrogens (tertiary/aromatic N) is 2. The SMILES string of the molecule is FC(F)(F)Oc1cccc2c(N3CCNCC3)cc(C(F)(F)F)nc12. The third-order valence-corrected chi connectivity index (χ3v) is 3.75. The van der Waals surface area contributed by atoms with Crippen LogP contribution in [0.2, 0.25) is 0 Å². The lowest BCUT2D eigenvalue weighted by atomic mass is 10.1. The molecule has 1 aromatic carbocycles. The molecule has 4 nitrogen and oxygen atoms in total. The zero-order valence-corrected chi connectivity index (χ0v) is 12.7. The van der Waals surface area contributed by atoms with Crippen molar-refractivity contribution in [3.63, 3.8) is 0 Å². The van der Waals surface area contributed by atoms with E-state index < -0.39 is 29.5 Å². The molecule has 136 valence electrons. The molecule has 1 aliphatic heterocycles. The summed E-state index contributed by atoms with van der Waals surface area (Å²) in [6.07, 6.45) is -9.82. The quantitative estimate of drug-likeness (QED) is 0.826. The number of para-hydroxylation sites is 1. The molecule has 10 heteroatoms. The number of benzene rings is 1. The van der Waals surface area contributed by atoms with Gasteiger partial charge in [-0.15, -0.1) is 13.2 Å². The van der Waals surface area contributed by atoms with Gasteiger partial charge < -0.3 is 15.0 Å². The monoisotopic (exact) mass is 365 g/mol. The molecule has 0 unspecified atom stereocenters. The van der Waals surface area contributed by atoms with Gasteiger partial charge in [-0.1, -0.05) is 12.1 Å². The van der Waals surface area contributed by atoms with Crippen LogP contribution in [0.5, 0.6) is 5.75 Å². The molecular weight excluding hydrogens is 352 g/mol. The van der Waals surface area contributed by atoms with E-state index in [1.54, 1.807) is 4.90 Å². The van der Waals surface area contributed by atoms with Gasteiger partial charge in [0.05, 0.1) is 0 Å². The summed E-state index contributed by atoms with van der Waals surface area (Å²) in [7, 11) is 0. The van der Waals surface area contributed by atoms with Crippen molar-refractivity contribution in [2.24, 2.45) is 0 Å². The summed E-state index contributed by atoms with van der Waals surface area (Å²) in [6, 6.07) is 4.54. The maximum atomic E-state index is 13.2. The zero-order valence-electron chi connectivity index (χ0n) is 12.7. The number of nitrogens with one attached hydrogen (secondary N) is 1. The first kappa shape index (κ1) is 17.6. The smallest absolute Gasteiger partial charge is 0.403 e. The molecule has 0 saturated carbocycles. The molecule has 1 N–H and O–H groups in total. The number of rotatable bonds is 2. The molecule has 2 heterocycles. The van der Waals surface area contributed by atoms with Gasteiger partial charge >= 0.3 is 12.5 Å². The minimum atomic E-state index is -5.03. The molecule has 0 atom stereocenters. The van der Waals surface area contributed by atoms with Gasteiger partial charge in [0.2, 0.25) is 0 Å². The van der Waals surface area contributed by atoms with Crippen molar-refractivity contribution in [2.45, 2.75) is 12.5 Å². The summed E-state index contributed by atoms with van der Waals surface area (Å²) in [5.41, 5.74) is -1.54. The zero-order chi connectivity index (χ0) is 18.2. The highest BCUT2D eigenvalue weighted by atomic mass is 19.4. The summed E-state index contributed by atoms with van der Waals surface area (Å²) in [5, 5.41) is 3.24. The molecule has 0 bridgehead atoms. The number of halogens is 6. The Hall–Kier alpha value is -2.23. The van der Waals surface area contributed by atoms with Gasteiger partial charge in [0.25, 0.3) is 0 Å². The summed E-state index contributed by atoms with van der Waals surface area (Å²) in [4.78, 5) is 5.08. The van der Waals surface area contributed by atoms with Gasteiger partial charge in [0.15, 0.2) is 5.75 Å². The number of piperazine rings is 1. The standard InChI is InChI=1S/C15H13F6N3O/c16-14(17,18)12-8-10(24-6-4-22-5-7-24)9-2-1-3-11(13(9)23-12)25-15(19,20)21/h1-3,8,22H,4-7H2. The Morgan fingerprint density at radius 1 is 1.04 bits per heavy atom. The third-order valence-electron chi connectivity index (χ3n) is 3.75. The normalized spacial score (nSPS) is 16.3. The van der Waals surface area contributed by atoms with Crippen LogP contribution in [0.4, 0.5) is 32.0 Å². The summed E-state index contributed by atoms with van der Waals surface area (Å²) in [5.74, 6) is -0.757. The maximum Gasteiger partial charge on any atom is 0.573 e. The molecule has 1 saturated heterocycles. The van der Waals surface area contributed by atoms with Crippen LogP contribution in [-0.2, 0) is 6.18 Å². The minimum Gasteiger partial charge on any atom is -0.403 e. The molecule has 2 aromatic rings. The first-order valence-corrected chi connectivity index (χ1v) is 7.37.